The van der Waals surface area contributed by atoms with E-state index >= 15 is 0 Å². The van der Waals surface area contributed by atoms with Gasteiger partial charge in [0.25, 0.3) is 0 Å². The smallest absolute Gasteiger partial charge is 0.211 e. The molecule has 0 saturated carbocycles. The van der Waals surface area contributed by atoms with Gasteiger partial charge in [0.1, 0.15) is 35.1 Å². The maximum absolute atomic E-state index is 13.9. The summed E-state index contributed by atoms with van der Waals surface area (Å²) in [5.74, 6) is -0.127. The number of hydrogen-bond donors (Lipinski definition) is 4. The topological polar surface area (TPSA) is 149 Å². The first-order valence-corrected chi connectivity index (χ1v) is 8.45. The van der Waals surface area contributed by atoms with E-state index < -0.39 is 11.9 Å². The minimum atomic E-state index is -0.773. The van der Waals surface area contributed by atoms with Crippen LogP contribution in [0.15, 0.2) is 23.2 Å². The van der Waals surface area contributed by atoms with Gasteiger partial charge in [-0.05, 0) is 23.3 Å². The van der Waals surface area contributed by atoms with Crippen LogP contribution in [0.1, 0.15) is 28.3 Å². The van der Waals surface area contributed by atoms with E-state index in [2.05, 4.69) is 36.5 Å². The van der Waals surface area contributed by atoms with Gasteiger partial charge in [-0.25, -0.2) is 14.4 Å². The van der Waals surface area contributed by atoms with E-state index in [1.807, 2.05) is 6.07 Å². The van der Waals surface area contributed by atoms with Crippen molar-refractivity contribution in [2.24, 2.45) is 4.99 Å². The number of anilines is 3. The molecule has 26 heavy (non-hydrogen) atoms. The minimum absolute atomic E-state index is 0.0271. The molecule has 0 spiro atoms. The molecule has 130 valence electrons. The van der Waals surface area contributed by atoms with E-state index in [9.17, 15) is 9.65 Å². The third-order valence-electron chi connectivity index (χ3n) is 3.90. The number of hydrogen-bond acceptors (Lipinski definition) is 8. The number of rotatable bonds is 2. The maximum atomic E-state index is 13.9. The van der Waals surface area contributed by atoms with Crippen molar-refractivity contribution in [1.29, 1.82) is 10.5 Å². The Morgan fingerprint density at radius 1 is 1.35 bits per heavy atom. The van der Waals surface area contributed by atoms with E-state index in [0.717, 1.165) is 5.56 Å². The summed E-state index contributed by atoms with van der Waals surface area (Å²) in [7, 11) is 0. The van der Waals surface area contributed by atoms with Crippen LogP contribution in [0.2, 0.25) is 0 Å². The number of fused-ring (bicyclic) bond motifs is 1. The monoisotopic (exact) mass is 414 g/mol. The number of nitrogens with zero attached hydrogens (tertiary/aromatic N) is 4. The fourth-order valence-corrected chi connectivity index (χ4v) is 3.26. The number of pyridine rings is 1. The Morgan fingerprint density at radius 3 is 2.77 bits per heavy atom. The number of aliphatic imine (C=N–C) groups is 1. The van der Waals surface area contributed by atoms with Gasteiger partial charge < -0.3 is 16.8 Å². The zero-order valence-corrected chi connectivity index (χ0v) is 14.8. The summed E-state index contributed by atoms with van der Waals surface area (Å²) >= 11 is 3.37. The zero-order chi connectivity index (χ0) is 18.8. The molecule has 0 amide bonds. The highest BCUT2D eigenvalue weighted by atomic mass is 79.9. The van der Waals surface area contributed by atoms with Crippen LogP contribution in [0.4, 0.5) is 21.7 Å². The lowest BCUT2D eigenvalue weighted by Gasteiger charge is -2.27. The summed E-state index contributed by atoms with van der Waals surface area (Å²) in [4.78, 5) is 8.57. The van der Waals surface area contributed by atoms with Gasteiger partial charge >= 0.3 is 0 Å². The van der Waals surface area contributed by atoms with Crippen molar-refractivity contribution in [2.75, 3.05) is 16.8 Å². The maximum Gasteiger partial charge on any atom is 0.211 e. The molecule has 1 aliphatic heterocycles. The van der Waals surface area contributed by atoms with E-state index in [1.54, 1.807) is 12.3 Å². The average Bonchev–Trinajstić information content (AvgIpc) is 2.61. The van der Waals surface area contributed by atoms with Crippen LogP contribution in [-0.2, 0) is 5.33 Å². The molecule has 1 aromatic heterocycles. The number of alkyl halides is 1. The zero-order valence-electron chi connectivity index (χ0n) is 13.2. The van der Waals surface area contributed by atoms with Crippen molar-refractivity contribution in [2.45, 2.75) is 11.4 Å². The lowest BCUT2D eigenvalue weighted by atomic mass is 9.92. The predicted octanol–water partition coefficient (Wildman–Crippen LogP) is 2.09. The van der Waals surface area contributed by atoms with Crippen molar-refractivity contribution >= 4 is 39.2 Å². The molecule has 8 nitrogen and oxygen atoms in total. The number of nitrogens with two attached hydrogens (primary N) is 2. The summed E-state index contributed by atoms with van der Waals surface area (Å²) in [5, 5.41) is 23.9. The van der Waals surface area contributed by atoms with Crippen LogP contribution in [-0.4, -0.2) is 10.9 Å². The number of nitrogen functional groups attached to an aromatic ring is 2. The van der Waals surface area contributed by atoms with E-state index in [4.69, 9.17) is 16.7 Å². The summed E-state index contributed by atoms with van der Waals surface area (Å²) in [6.07, 6.45) is 1.76. The van der Waals surface area contributed by atoms with Gasteiger partial charge in [-0.3, -0.25) is 5.32 Å². The number of aromatic nitrogens is 1. The van der Waals surface area contributed by atoms with Gasteiger partial charge in [0, 0.05) is 10.9 Å². The number of benzene rings is 1. The van der Waals surface area contributed by atoms with Crippen molar-refractivity contribution < 1.29 is 4.39 Å². The molecule has 3 rings (SSSR count). The Morgan fingerprint density at radius 2 is 2.12 bits per heavy atom. The summed E-state index contributed by atoms with van der Waals surface area (Å²) in [6.45, 7) is 0. The molecular formula is C16H12BrFN8. The molecule has 2 heterocycles. The number of guanidine groups is 1. The molecule has 1 unspecified atom stereocenters. The third-order valence-corrected chi connectivity index (χ3v) is 4.51. The number of halogens is 2. The van der Waals surface area contributed by atoms with E-state index in [1.165, 1.54) is 12.1 Å². The van der Waals surface area contributed by atoms with Gasteiger partial charge in [0.15, 0.2) is 6.19 Å². The first-order valence-electron chi connectivity index (χ1n) is 7.33. The predicted molar refractivity (Wildman–Crippen MR) is 98.5 cm³/mol. The fraction of sp³-hybridized carbons (Fsp3) is 0.125. The Bertz CT molecular complexity index is 1000. The van der Waals surface area contributed by atoms with E-state index in [0.29, 0.717) is 16.5 Å². The molecule has 1 atom stereocenters. The van der Waals surface area contributed by atoms with E-state index in [-0.39, 0.29) is 28.8 Å². The molecule has 0 radical (unpaired) electrons. The third kappa shape index (κ3) is 2.87. The Kier molecular flexibility index (Phi) is 4.61. The van der Waals surface area contributed by atoms with Crippen LogP contribution in [0.5, 0.6) is 0 Å². The molecule has 10 heteroatoms. The SMILES string of the molecule is N#CNC1=NC(c2cc(F)ccc2CBr)c2c(nc(N)c(C#N)c2N)N1. The molecule has 6 N–H and O–H groups in total. The van der Waals surface area contributed by atoms with Gasteiger partial charge in [-0.2, -0.15) is 10.5 Å². The standard InChI is InChI=1S/C16H12BrFN8/c17-4-7-1-2-8(18)3-9(7)13-11-12(21)10(5-19)14(22)25-15(11)26-16(24-13)23-6-20/h1-3,13H,4H2,(H6,21,22,23,24,25,26). The summed E-state index contributed by atoms with van der Waals surface area (Å²) in [5.41, 5.74) is 13.8. The van der Waals surface area contributed by atoms with Crippen LogP contribution >= 0.6 is 15.9 Å². The van der Waals surface area contributed by atoms with Crippen LogP contribution < -0.4 is 22.1 Å². The lowest BCUT2D eigenvalue weighted by molar-refractivity contribution is 0.622. The second-order valence-corrected chi connectivity index (χ2v) is 5.94. The highest BCUT2D eigenvalue weighted by Crippen LogP contribution is 2.41. The molecule has 1 aromatic carbocycles. The van der Waals surface area contributed by atoms with Crippen LogP contribution in [0.25, 0.3) is 0 Å². The van der Waals surface area contributed by atoms with Gasteiger partial charge in [0.05, 0.1) is 5.69 Å². The van der Waals surface area contributed by atoms with Gasteiger partial charge in [-0.15, -0.1) is 0 Å². The Labute approximate surface area is 156 Å². The highest BCUT2D eigenvalue weighted by Gasteiger charge is 2.31. The highest BCUT2D eigenvalue weighted by molar-refractivity contribution is 9.08. The fourth-order valence-electron chi connectivity index (χ4n) is 2.75. The Balaban J connectivity index is 2.31. The number of nitrogens with one attached hydrogen (secondary N) is 2. The largest absolute Gasteiger partial charge is 0.397 e. The molecule has 0 saturated heterocycles. The first kappa shape index (κ1) is 17.5. The Hall–Kier alpha value is -3.37. The van der Waals surface area contributed by atoms with Crippen molar-refractivity contribution in [1.82, 2.24) is 10.3 Å². The molecule has 0 aliphatic carbocycles. The summed E-state index contributed by atoms with van der Waals surface area (Å²) in [6, 6.07) is 5.45. The first-order chi connectivity index (χ1) is 12.5. The molecule has 2 aromatic rings. The van der Waals surface area contributed by atoms with Crippen molar-refractivity contribution in [3.05, 3.63) is 46.3 Å². The second-order valence-electron chi connectivity index (χ2n) is 5.38. The van der Waals surface area contributed by atoms with Gasteiger partial charge in [-0.1, -0.05) is 22.0 Å². The molecular weight excluding hydrogens is 403 g/mol. The van der Waals surface area contributed by atoms with Crippen molar-refractivity contribution in [3.63, 3.8) is 0 Å². The number of nitriles is 2. The molecule has 0 fully saturated rings. The molecule has 1 aliphatic rings. The van der Waals surface area contributed by atoms with Crippen LogP contribution in [0.3, 0.4) is 0 Å². The van der Waals surface area contributed by atoms with Crippen molar-refractivity contribution in [3.8, 4) is 12.3 Å². The lowest BCUT2D eigenvalue weighted by Crippen LogP contribution is -2.33. The molecule has 0 bridgehead atoms. The van der Waals surface area contributed by atoms with Crippen LogP contribution in [0, 0.1) is 28.6 Å². The quantitative estimate of drug-likeness (QED) is 0.333. The average molecular weight is 415 g/mol. The minimum Gasteiger partial charge on any atom is -0.397 e. The second kappa shape index (κ2) is 6.86. The van der Waals surface area contributed by atoms with Gasteiger partial charge in [0.2, 0.25) is 5.96 Å². The normalized spacial score (nSPS) is 15.1. The summed E-state index contributed by atoms with van der Waals surface area (Å²) < 4.78 is 13.9.